The average Bonchev–Trinajstić information content (AvgIpc) is 2.46. The third-order valence-electron chi connectivity index (χ3n) is 3.97. The molecule has 0 aliphatic carbocycles. The Labute approximate surface area is 128 Å². The van der Waals surface area contributed by atoms with Crippen LogP contribution >= 0.6 is 0 Å². The summed E-state index contributed by atoms with van der Waals surface area (Å²) in [6.07, 6.45) is 4.44. The molecule has 21 heavy (non-hydrogen) atoms. The van der Waals surface area contributed by atoms with Crippen molar-refractivity contribution >= 4 is 5.82 Å². The maximum absolute atomic E-state index is 5.57. The Morgan fingerprint density at radius 1 is 1.48 bits per heavy atom. The molecule has 0 saturated carbocycles. The lowest BCUT2D eigenvalue weighted by molar-refractivity contribution is 0.0576. The van der Waals surface area contributed by atoms with Crippen LogP contribution in [0.15, 0.2) is 12.3 Å². The molecular formula is C17H29N3O. The molecule has 0 amide bonds. The number of nitrogens with one attached hydrogen (secondary N) is 1. The minimum atomic E-state index is 0.499. The third-order valence-corrected chi connectivity index (χ3v) is 3.97. The van der Waals surface area contributed by atoms with Gasteiger partial charge in [-0.15, -0.1) is 0 Å². The first-order chi connectivity index (χ1) is 10.1. The maximum Gasteiger partial charge on any atom is 0.131 e. The van der Waals surface area contributed by atoms with Gasteiger partial charge in [0, 0.05) is 39.0 Å². The molecule has 0 spiro atoms. The lowest BCUT2D eigenvalue weighted by Crippen LogP contribution is -2.31. The number of rotatable bonds is 6. The second kappa shape index (κ2) is 7.76. The molecule has 1 aromatic rings. The Bertz CT molecular complexity index is 442. The fraction of sp³-hybridized carbons (Fsp3) is 0.706. The minimum absolute atomic E-state index is 0.499. The van der Waals surface area contributed by atoms with Crippen LogP contribution in [-0.4, -0.2) is 37.8 Å². The largest absolute Gasteiger partial charge is 0.381 e. The van der Waals surface area contributed by atoms with Gasteiger partial charge in [0.1, 0.15) is 5.82 Å². The molecule has 4 nitrogen and oxygen atoms in total. The van der Waals surface area contributed by atoms with Crippen LogP contribution in [0.2, 0.25) is 0 Å². The highest BCUT2D eigenvalue weighted by molar-refractivity contribution is 5.46. The van der Waals surface area contributed by atoms with E-state index in [4.69, 9.17) is 4.74 Å². The van der Waals surface area contributed by atoms with E-state index < -0.39 is 0 Å². The number of aryl methyl sites for hydroxylation is 1. The van der Waals surface area contributed by atoms with Crippen LogP contribution < -0.4 is 10.2 Å². The first-order valence-electron chi connectivity index (χ1n) is 8.04. The molecule has 2 rings (SSSR count). The number of hydrogen-bond acceptors (Lipinski definition) is 4. The van der Waals surface area contributed by atoms with Gasteiger partial charge in [-0.2, -0.15) is 0 Å². The normalized spacial score (nSPS) is 19.0. The SMILES string of the molecule is Cc1cc(CNC(C)C)cnc1N(C)CC1CCCOC1. The quantitative estimate of drug-likeness (QED) is 0.874. The monoisotopic (exact) mass is 291 g/mol. The van der Waals surface area contributed by atoms with E-state index in [1.54, 1.807) is 0 Å². The van der Waals surface area contributed by atoms with Gasteiger partial charge in [0.25, 0.3) is 0 Å². The summed E-state index contributed by atoms with van der Waals surface area (Å²) in [4.78, 5) is 6.94. The van der Waals surface area contributed by atoms with Crippen LogP contribution in [0.5, 0.6) is 0 Å². The Morgan fingerprint density at radius 3 is 2.90 bits per heavy atom. The second-order valence-corrected chi connectivity index (χ2v) is 6.48. The number of hydrogen-bond donors (Lipinski definition) is 1. The number of ether oxygens (including phenoxy) is 1. The Balaban J connectivity index is 1.95. The summed E-state index contributed by atoms with van der Waals surface area (Å²) in [5.74, 6) is 1.72. The highest BCUT2D eigenvalue weighted by atomic mass is 16.5. The predicted octanol–water partition coefficient (Wildman–Crippen LogP) is 2.75. The van der Waals surface area contributed by atoms with Gasteiger partial charge < -0.3 is 15.0 Å². The van der Waals surface area contributed by atoms with Gasteiger partial charge in [0.15, 0.2) is 0 Å². The van der Waals surface area contributed by atoms with Crippen LogP contribution in [-0.2, 0) is 11.3 Å². The smallest absolute Gasteiger partial charge is 0.131 e. The van der Waals surface area contributed by atoms with Gasteiger partial charge >= 0.3 is 0 Å². The van der Waals surface area contributed by atoms with Crippen molar-refractivity contribution < 1.29 is 4.74 Å². The average molecular weight is 291 g/mol. The van der Waals surface area contributed by atoms with Crippen LogP contribution in [0, 0.1) is 12.8 Å². The van der Waals surface area contributed by atoms with Gasteiger partial charge in [-0.1, -0.05) is 13.8 Å². The van der Waals surface area contributed by atoms with Crippen LogP contribution in [0.25, 0.3) is 0 Å². The highest BCUT2D eigenvalue weighted by Crippen LogP contribution is 2.21. The molecule has 118 valence electrons. The van der Waals surface area contributed by atoms with Gasteiger partial charge in [-0.3, -0.25) is 0 Å². The number of anilines is 1. The van der Waals surface area contributed by atoms with E-state index in [0.717, 1.165) is 32.1 Å². The predicted molar refractivity (Wildman–Crippen MR) is 87.8 cm³/mol. The molecule has 0 radical (unpaired) electrons. The fourth-order valence-corrected chi connectivity index (χ4v) is 2.87. The van der Waals surface area contributed by atoms with Crippen molar-refractivity contribution in [1.29, 1.82) is 0 Å². The van der Waals surface area contributed by atoms with E-state index in [1.165, 1.54) is 24.0 Å². The van der Waals surface area contributed by atoms with Crippen molar-refractivity contribution in [3.05, 3.63) is 23.4 Å². The molecule has 1 atom stereocenters. The van der Waals surface area contributed by atoms with E-state index in [1.807, 2.05) is 6.20 Å². The third kappa shape index (κ3) is 4.97. The summed E-state index contributed by atoms with van der Waals surface area (Å²) in [6.45, 7) is 10.2. The van der Waals surface area contributed by atoms with Gasteiger partial charge in [0.2, 0.25) is 0 Å². The standard InChI is InChI=1S/C17H29N3O/c1-13(2)18-9-16-8-14(3)17(19-10-16)20(4)11-15-6-5-7-21-12-15/h8,10,13,15,18H,5-7,9,11-12H2,1-4H3. The topological polar surface area (TPSA) is 37.4 Å². The summed E-state index contributed by atoms with van der Waals surface area (Å²) in [6, 6.07) is 2.74. The first kappa shape index (κ1) is 16.2. The Hall–Kier alpha value is -1.13. The van der Waals surface area contributed by atoms with E-state index in [9.17, 15) is 0 Å². The Kier molecular flexibility index (Phi) is 6.00. The molecule has 1 aromatic heterocycles. The molecule has 0 bridgehead atoms. The molecular weight excluding hydrogens is 262 g/mol. The second-order valence-electron chi connectivity index (χ2n) is 6.48. The summed E-state index contributed by atoms with van der Waals surface area (Å²) < 4.78 is 5.57. The molecule has 1 fully saturated rings. The van der Waals surface area contributed by atoms with Crippen molar-refractivity contribution in [2.45, 2.75) is 46.2 Å². The van der Waals surface area contributed by atoms with Gasteiger partial charge in [0.05, 0.1) is 6.61 Å². The van der Waals surface area contributed by atoms with Crippen LogP contribution in [0.1, 0.15) is 37.8 Å². The molecule has 1 N–H and O–H groups in total. The van der Waals surface area contributed by atoms with Crippen molar-refractivity contribution in [3.63, 3.8) is 0 Å². The van der Waals surface area contributed by atoms with Crippen molar-refractivity contribution in [2.24, 2.45) is 5.92 Å². The number of aromatic nitrogens is 1. The minimum Gasteiger partial charge on any atom is -0.381 e. The lowest BCUT2D eigenvalue weighted by Gasteiger charge is -2.28. The molecule has 0 aromatic carbocycles. The molecule has 4 heteroatoms. The zero-order valence-corrected chi connectivity index (χ0v) is 13.9. The van der Waals surface area contributed by atoms with Crippen molar-refractivity contribution in [3.8, 4) is 0 Å². The van der Waals surface area contributed by atoms with E-state index >= 15 is 0 Å². The van der Waals surface area contributed by atoms with E-state index in [2.05, 4.69) is 49.1 Å². The molecule has 1 unspecified atom stereocenters. The zero-order valence-electron chi connectivity index (χ0n) is 13.9. The fourth-order valence-electron chi connectivity index (χ4n) is 2.87. The summed E-state index contributed by atoms with van der Waals surface area (Å²) in [5, 5.41) is 3.43. The lowest BCUT2D eigenvalue weighted by atomic mass is 10.0. The molecule has 1 aliphatic heterocycles. The number of nitrogens with zero attached hydrogens (tertiary/aromatic N) is 2. The number of pyridine rings is 1. The maximum atomic E-state index is 5.57. The first-order valence-corrected chi connectivity index (χ1v) is 8.04. The Morgan fingerprint density at radius 2 is 2.29 bits per heavy atom. The summed E-state index contributed by atoms with van der Waals surface area (Å²) >= 11 is 0. The van der Waals surface area contributed by atoms with Gasteiger partial charge in [-0.25, -0.2) is 4.98 Å². The zero-order chi connectivity index (χ0) is 15.2. The van der Waals surface area contributed by atoms with Crippen LogP contribution in [0.4, 0.5) is 5.82 Å². The molecule has 1 aliphatic rings. The van der Waals surface area contributed by atoms with Crippen molar-refractivity contribution in [2.75, 3.05) is 31.7 Å². The molecule has 1 saturated heterocycles. The highest BCUT2D eigenvalue weighted by Gasteiger charge is 2.17. The van der Waals surface area contributed by atoms with Crippen molar-refractivity contribution in [1.82, 2.24) is 10.3 Å². The van der Waals surface area contributed by atoms with E-state index in [-0.39, 0.29) is 0 Å². The summed E-state index contributed by atoms with van der Waals surface area (Å²) in [5.41, 5.74) is 2.50. The van der Waals surface area contributed by atoms with E-state index in [0.29, 0.717) is 12.0 Å². The van der Waals surface area contributed by atoms with Crippen LogP contribution in [0.3, 0.4) is 0 Å². The summed E-state index contributed by atoms with van der Waals surface area (Å²) in [7, 11) is 2.13. The van der Waals surface area contributed by atoms with Gasteiger partial charge in [-0.05, 0) is 42.9 Å². The molecule has 2 heterocycles.